The molecule has 0 aliphatic rings. The van der Waals surface area contributed by atoms with Crippen molar-refractivity contribution in [3.8, 4) is 16.2 Å². The van der Waals surface area contributed by atoms with Crippen LogP contribution < -0.4 is 4.74 Å². The van der Waals surface area contributed by atoms with Crippen LogP contribution in [-0.4, -0.2) is 6.29 Å². The highest BCUT2D eigenvalue weighted by Gasteiger charge is 2.10. The molecule has 0 spiro atoms. The molecule has 3 aromatic carbocycles. The maximum atomic E-state index is 11.5. The molecule has 0 aliphatic heterocycles. The number of hydrogen-bond acceptors (Lipinski definition) is 3. The van der Waals surface area contributed by atoms with Crippen molar-refractivity contribution in [1.29, 1.82) is 0 Å². The lowest BCUT2D eigenvalue weighted by Crippen LogP contribution is -1.96. The summed E-state index contributed by atoms with van der Waals surface area (Å²) in [6.45, 7) is 0.507. The van der Waals surface area contributed by atoms with Gasteiger partial charge in [0.1, 0.15) is 12.4 Å². The molecule has 0 aliphatic carbocycles. The summed E-state index contributed by atoms with van der Waals surface area (Å²) in [4.78, 5) is 12.5. The summed E-state index contributed by atoms with van der Waals surface area (Å²) in [6, 6.07) is 26.1. The van der Waals surface area contributed by atoms with Crippen molar-refractivity contribution >= 4 is 27.7 Å². The molecule has 0 amide bonds. The lowest BCUT2D eigenvalue weighted by Gasteiger charge is -2.09. The van der Waals surface area contributed by atoms with Crippen LogP contribution in [0.3, 0.4) is 0 Å². The summed E-state index contributed by atoms with van der Waals surface area (Å²) in [5.41, 5.74) is 2.71. The first-order valence-corrected chi connectivity index (χ1v) is 8.90. The average Bonchev–Trinajstić information content (AvgIpc) is 3.11. The molecular formula is C22H16O2S. The lowest BCUT2D eigenvalue weighted by molar-refractivity contribution is 0.112. The van der Waals surface area contributed by atoms with Gasteiger partial charge in [-0.15, -0.1) is 11.3 Å². The van der Waals surface area contributed by atoms with Crippen LogP contribution in [0.4, 0.5) is 0 Å². The largest absolute Gasteiger partial charge is 0.489 e. The highest BCUT2D eigenvalue weighted by Crippen LogP contribution is 2.36. The van der Waals surface area contributed by atoms with Crippen LogP contribution in [0.15, 0.2) is 78.9 Å². The molecule has 0 atom stereocenters. The summed E-state index contributed by atoms with van der Waals surface area (Å²) in [5.74, 6) is 0.766. The zero-order chi connectivity index (χ0) is 17.1. The van der Waals surface area contributed by atoms with E-state index in [1.807, 2.05) is 60.7 Å². The average molecular weight is 344 g/mol. The summed E-state index contributed by atoms with van der Waals surface area (Å²) in [5, 5.41) is 1.19. The van der Waals surface area contributed by atoms with Crippen molar-refractivity contribution in [1.82, 2.24) is 0 Å². The first kappa shape index (κ1) is 15.6. The van der Waals surface area contributed by atoms with Gasteiger partial charge < -0.3 is 4.74 Å². The molecule has 0 unspecified atom stereocenters. The van der Waals surface area contributed by atoms with Crippen LogP contribution in [0.25, 0.3) is 20.5 Å². The van der Waals surface area contributed by atoms with Gasteiger partial charge in [-0.2, -0.15) is 0 Å². The van der Waals surface area contributed by atoms with Crippen molar-refractivity contribution in [2.75, 3.05) is 0 Å². The molecule has 1 aromatic heterocycles. The van der Waals surface area contributed by atoms with E-state index in [1.54, 1.807) is 11.3 Å². The Hall–Kier alpha value is -2.91. The van der Waals surface area contributed by atoms with Crippen LogP contribution in [-0.2, 0) is 6.61 Å². The topological polar surface area (TPSA) is 26.3 Å². The van der Waals surface area contributed by atoms with E-state index in [2.05, 4.69) is 18.2 Å². The lowest BCUT2D eigenvalue weighted by atomic mass is 10.1. The molecule has 0 saturated heterocycles. The quantitative estimate of drug-likeness (QED) is 0.418. The second-order valence-electron chi connectivity index (χ2n) is 5.79. The van der Waals surface area contributed by atoms with Crippen molar-refractivity contribution in [2.24, 2.45) is 0 Å². The fourth-order valence-electron chi connectivity index (χ4n) is 2.80. The van der Waals surface area contributed by atoms with Crippen LogP contribution in [0.1, 0.15) is 15.9 Å². The SMILES string of the molecule is O=Cc1ccc(OCc2ccccc2)cc1-c1cc2ccccc2s1. The number of fused-ring (bicyclic) bond motifs is 1. The van der Waals surface area contributed by atoms with Gasteiger partial charge >= 0.3 is 0 Å². The molecule has 122 valence electrons. The fourth-order valence-corrected chi connectivity index (χ4v) is 3.90. The van der Waals surface area contributed by atoms with Gasteiger partial charge in [-0.3, -0.25) is 4.79 Å². The fraction of sp³-hybridized carbons (Fsp3) is 0.0455. The first-order valence-electron chi connectivity index (χ1n) is 8.08. The van der Waals surface area contributed by atoms with E-state index in [-0.39, 0.29) is 0 Å². The van der Waals surface area contributed by atoms with E-state index >= 15 is 0 Å². The first-order chi connectivity index (χ1) is 12.3. The predicted molar refractivity (Wildman–Crippen MR) is 103 cm³/mol. The summed E-state index contributed by atoms with van der Waals surface area (Å²) < 4.78 is 7.13. The molecule has 0 bridgehead atoms. The monoisotopic (exact) mass is 344 g/mol. The maximum absolute atomic E-state index is 11.5. The molecule has 2 nitrogen and oxygen atoms in total. The number of carbonyl (C=O) groups excluding carboxylic acids is 1. The summed E-state index contributed by atoms with van der Waals surface area (Å²) in [6.07, 6.45) is 0.903. The van der Waals surface area contributed by atoms with Crippen LogP contribution in [0, 0.1) is 0 Å². The minimum Gasteiger partial charge on any atom is -0.489 e. The third kappa shape index (κ3) is 3.32. The second-order valence-corrected chi connectivity index (χ2v) is 6.87. The maximum Gasteiger partial charge on any atom is 0.150 e. The normalized spacial score (nSPS) is 10.7. The standard InChI is InChI=1S/C22H16O2S/c23-14-18-10-11-19(24-15-16-6-2-1-3-7-16)13-20(18)22-12-17-8-4-5-9-21(17)25-22/h1-14H,15H2. The van der Waals surface area contributed by atoms with E-state index in [0.717, 1.165) is 28.0 Å². The number of benzene rings is 3. The van der Waals surface area contributed by atoms with E-state index in [1.165, 1.54) is 10.1 Å². The Morgan fingerprint density at radius 3 is 2.48 bits per heavy atom. The van der Waals surface area contributed by atoms with Crippen molar-refractivity contribution in [3.63, 3.8) is 0 Å². The van der Waals surface area contributed by atoms with E-state index < -0.39 is 0 Å². The van der Waals surface area contributed by atoms with Gasteiger partial charge in [-0.25, -0.2) is 0 Å². The molecular weight excluding hydrogens is 328 g/mol. The molecule has 4 aromatic rings. The summed E-state index contributed by atoms with van der Waals surface area (Å²) in [7, 11) is 0. The molecule has 25 heavy (non-hydrogen) atoms. The molecule has 0 fully saturated rings. The number of ether oxygens (including phenoxy) is 1. The van der Waals surface area contributed by atoms with Crippen LogP contribution in [0.2, 0.25) is 0 Å². The van der Waals surface area contributed by atoms with Gasteiger partial charge in [0, 0.05) is 20.7 Å². The Morgan fingerprint density at radius 1 is 0.880 bits per heavy atom. The minimum absolute atomic E-state index is 0.507. The van der Waals surface area contributed by atoms with Crippen LogP contribution >= 0.6 is 11.3 Å². The molecule has 3 heteroatoms. The van der Waals surface area contributed by atoms with Crippen LogP contribution in [0.5, 0.6) is 5.75 Å². The number of rotatable bonds is 5. The predicted octanol–water partition coefficient (Wildman–Crippen LogP) is 5.96. The zero-order valence-electron chi connectivity index (χ0n) is 13.5. The van der Waals surface area contributed by atoms with Crippen molar-refractivity contribution < 1.29 is 9.53 Å². The van der Waals surface area contributed by atoms with Crippen molar-refractivity contribution in [2.45, 2.75) is 6.61 Å². The van der Waals surface area contributed by atoms with Gasteiger partial charge in [0.25, 0.3) is 0 Å². The Kier molecular flexibility index (Phi) is 4.32. The number of hydrogen-bond donors (Lipinski definition) is 0. The molecule has 1 heterocycles. The molecule has 0 saturated carbocycles. The Morgan fingerprint density at radius 2 is 1.68 bits per heavy atom. The number of thiophene rings is 1. The van der Waals surface area contributed by atoms with Gasteiger partial charge in [0.05, 0.1) is 0 Å². The smallest absolute Gasteiger partial charge is 0.150 e. The van der Waals surface area contributed by atoms with Gasteiger partial charge in [-0.05, 0) is 41.3 Å². The second kappa shape index (κ2) is 6.91. The zero-order valence-corrected chi connectivity index (χ0v) is 14.3. The third-order valence-corrected chi connectivity index (χ3v) is 5.24. The number of carbonyl (C=O) groups is 1. The molecule has 0 N–H and O–H groups in total. The van der Waals surface area contributed by atoms with E-state index in [9.17, 15) is 4.79 Å². The van der Waals surface area contributed by atoms with Gasteiger partial charge in [0.15, 0.2) is 6.29 Å². The minimum atomic E-state index is 0.507. The van der Waals surface area contributed by atoms with Gasteiger partial charge in [-0.1, -0.05) is 48.5 Å². The highest BCUT2D eigenvalue weighted by atomic mass is 32.1. The van der Waals surface area contributed by atoms with E-state index in [0.29, 0.717) is 12.2 Å². The highest BCUT2D eigenvalue weighted by molar-refractivity contribution is 7.22. The molecule has 4 rings (SSSR count). The summed E-state index contributed by atoms with van der Waals surface area (Å²) >= 11 is 1.69. The van der Waals surface area contributed by atoms with Gasteiger partial charge in [0.2, 0.25) is 0 Å². The Balaban J connectivity index is 1.67. The Labute approximate surface area is 150 Å². The van der Waals surface area contributed by atoms with E-state index in [4.69, 9.17) is 4.74 Å². The number of aldehydes is 1. The Bertz CT molecular complexity index is 986. The third-order valence-electron chi connectivity index (χ3n) is 4.09. The molecule has 0 radical (unpaired) electrons. The van der Waals surface area contributed by atoms with Crippen molar-refractivity contribution in [3.05, 3.63) is 90.0 Å².